The van der Waals surface area contributed by atoms with Gasteiger partial charge in [0.25, 0.3) is 0 Å². The molecule has 27 heavy (non-hydrogen) atoms. The lowest BCUT2D eigenvalue weighted by Gasteiger charge is -2.27. The number of hydrogen-bond acceptors (Lipinski definition) is 6. The molecule has 1 aliphatic heterocycles. The van der Waals surface area contributed by atoms with Crippen molar-refractivity contribution in [2.24, 2.45) is 5.73 Å². The highest BCUT2D eigenvalue weighted by Crippen LogP contribution is 2.59. The minimum absolute atomic E-state index is 0.184. The Labute approximate surface area is 158 Å². The predicted molar refractivity (Wildman–Crippen MR) is 101 cm³/mol. The van der Waals surface area contributed by atoms with Gasteiger partial charge < -0.3 is 20.5 Å². The Balaban J connectivity index is 1.51. The van der Waals surface area contributed by atoms with Gasteiger partial charge in [-0.2, -0.15) is 0 Å². The summed E-state index contributed by atoms with van der Waals surface area (Å²) in [6.07, 6.45) is 6.90. The molecule has 1 amide bonds. The second-order valence-corrected chi connectivity index (χ2v) is 7.59. The normalized spacial score (nSPS) is 18.8. The zero-order valence-electron chi connectivity index (χ0n) is 15.6. The van der Waals surface area contributed by atoms with Crippen LogP contribution in [0.2, 0.25) is 0 Å². The number of nitrogens with one attached hydrogen (secondary N) is 1. The van der Waals surface area contributed by atoms with Crippen molar-refractivity contribution < 1.29 is 14.3 Å². The molecule has 0 saturated heterocycles. The average Bonchev–Trinajstić information content (AvgIpc) is 3.43. The average molecular weight is 368 g/mol. The SMILES string of the molecule is CC[C@@](C)(N)C(=O)Nc1cnc(Oc2cccc3c2C2(CCO3)CC2)nc1. The molecular weight excluding hydrogens is 344 g/mol. The number of amides is 1. The van der Waals surface area contributed by atoms with Crippen LogP contribution in [0.4, 0.5) is 5.69 Å². The first-order valence-corrected chi connectivity index (χ1v) is 9.30. The molecule has 3 N–H and O–H groups in total. The van der Waals surface area contributed by atoms with Crippen LogP contribution < -0.4 is 20.5 Å². The summed E-state index contributed by atoms with van der Waals surface area (Å²) in [5.74, 6) is 1.36. The third-order valence-corrected chi connectivity index (χ3v) is 5.55. The molecule has 1 aromatic carbocycles. The third-order valence-electron chi connectivity index (χ3n) is 5.55. The van der Waals surface area contributed by atoms with E-state index in [1.54, 1.807) is 6.92 Å². The smallest absolute Gasteiger partial charge is 0.322 e. The number of ether oxygens (including phenoxy) is 2. The van der Waals surface area contributed by atoms with Crippen LogP contribution in [0.15, 0.2) is 30.6 Å². The molecule has 2 aromatic rings. The van der Waals surface area contributed by atoms with Crippen molar-refractivity contribution >= 4 is 11.6 Å². The fraction of sp³-hybridized carbons (Fsp3) is 0.450. The summed E-state index contributed by atoms with van der Waals surface area (Å²) in [5, 5.41) is 2.73. The van der Waals surface area contributed by atoms with Crippen LogP contribution in [0.25, 0.3) is 0 Å². The van der Waals surface area contributed by atoms with E-state index >= 15 is 0 Å². The number of carbonyl (C=O) groups excluding carboxylic acids is 1. The molecule has 1 aliphatic carbocycles. The minimum Gasteiger partial charge on any atom is -0.493 e. The van der Waals surface area contributed by atoms with Gasteiger partial charge in [-0.15, -0.1) is 0 Å². The van der Waals surface area contributed by atoms with Gasteiger partial charge in [0, 0.05) is 11.0 Å². The van der Waals surface area contributed by atoms with E-state index in [0.717, 1.165) is 42.9 Å². The van der Waals surface area contributed by atoms with E-state index in [4.69, 9.17) is 15.2 Å². The molecule has 0 bridgehead atoms. The lowest BCUT2D eigenvalue weighted by molar-refractivity contribution is -0.120. The topological polar surface area (TPSA) is 99.4 Å². The largest absolute Gasteiger partial charge is 0.493 e. The Morgan fingerprint density at radius 3 is 2.74 bits per heavy atom. The second-order valence-electron chi connectivity index (χ2n) is 7.59. The van der Waals surface area contributed by atoms with Gasteiger partial charge >= 0.3 is 6.01 Å². The Morgan fingerprint density at radius 2 is 2.07 bits per heavy atom. The molecule has 0 unspecified atom stereocenters. The summed E-state index contributed by atoms with van der Waals surface area (Å²) in [6.45, 7) is 4.30. The van der Waals surface area contributed by atoms with Gasteiger partial charge in [-0.25, -0.2) is 9.97 Å². The van der Waals surface area contributed by atoms with Gasteiger partial charge in [-0.05, 0) is 44.7 Å². The highest BCUT2D eigenvalue weighted by Gasteiger charge is 2.49. The molecule has 0 radical (unpaired) electrons. The fourth-order valence-corrected chi connectivity index (χ4v) is 3.34. The summed E-state index contributed by atoms with van der Waals surface area (Å²) in [6, 6.07) is 6.05. The van der Waals surface area contributed by atoms with E-state index in [1.165, 1.54) is 12.4 Å². The number of fused-ring (bicyclic) bond motifs is 2. The highest BCUT2D eigenvalue weighted by molar-refractivity contribution is 5.97. The number of nitrogens with zero attached hydrogens (tertiary/aromatic N) is 2. The van der Waals surface area contributed by atoms with Gasteiger partial charge in [0.1, 0.15) is 11.5 Å². The van der Waals surface area contributed by atoms with Crippen molar-refractivity contribution in [1.82, 2.24) is 9.97 Å². The van der Waals surface area contributed by atoms with E-state index in [2.05, 4.69) is 15.3 Å². The molecule has 1 aromatic heterocycles. The van der Waals surface area contributed by atoms with Crippen LogP contribution in [-0.4, -0.2) is 28.0 Å². The predicted octanol–water partition coefficient (Wildman–Crippen LogP) is 3.15. The highest BCUT2D eigenvalue weighted by atomic mass is 16.5. The van der Waals surface area contributed by atoms with Crippen LogP contribution in [0, 0.1) is 0 Å². The maximum Gasteiger partial charge on any atom is 0.322 e. The number of anilines is 1. The maximum absolute atomic E-state index is 12.1. The zero-order chi connectivity index (χ0) is 19.1. The first-order valence-electron chi connectivity index (χ1n) is 9.30. The van der Waals surface area contributed by atoms with Crippen molar-refractivity contribution in [3.05, 3.63) is 36.2 Å². The standard InChI is InChI=1S/C20H24N4O3/c1-3-19(2,21)17(25)24-13-11-22-18(23-12-13)27-15-6-4-5-14-16(15)20(7-8-20)9-10-26-14/h4-6,11-12H,3,7-10,21H2,1-2H3,(H,24,25)/t19-/m1/s1. The fourth-order valence-electron chi connectivity index (χ4n) is 3.34. The summed E-state index contributed by atoms with van der Waals surface area (Å²) in [4.78, 5) is 20.6. The van der Waals surface area contributed by atoms with Crippen molar-refractivity contribution in [2.75, 3.05) is 11.9 Å². The maximum atomic E-state index is 12.1. The van der Waals surface area contributed by atoms with Crippen molar-refractivity contribution in [1.29, 1.82) is 0 Å². The number of aromatic nitrogens is 2. The van der Waals surface area contributed by atoms with Crippen molar-refractivity contribution in [3.63, 3.8) is 0 Å². The van der Waals surface area contributed by atoms with Gasteiger partial charge in [-0.3, -0.25) is 4.79 Å². The van der Waals surface area contributed by atoms with Gasteiger partial charge in [0.2, 0.25) is 5.91 Å². The van der Waals surface area contributed by atoms with Gasteiger partial charge in [0.15, 0.2) is 0 Å². The van der Waals surface area contributed by atoms with E-state index < -0.39 is 5.54 Å². The van der Waals surface area contributed by atoms with Crippen molar-refractivity contribution in [3.8, 4) is 17.5 Å². The molecule has 1 saturated carbocycles. The van der Waals surface area contributed by atoms with Crippen LogP contribution in [-0.2, 0) is 10.2 Å². The van der Waals surface area contributed by atoms with E-state index in [1.807, 2.05) is 25.1 Å². The number of rotatable bonds is 5. The number of nitrogens with two attached hydrogens (primary N) is 1. The zero-order valence-corrected chi connectivity index (χ0v) is 15.6. The Hall–Kier alpha value is -2.67. The van der Waals surface area contributed by atoms with Crippen LogP contribution in [0.1, 0.15) is 45.1 Å². The molecule has 7 heteroatoms. The molecule has 2 aliphatic rings. The summed E-state index contributed by atoms with van der Waals surface area (Å²) in [5.41, 5.74) is 6.80. The number of hydrogen-bond donors (Lipinski definition) is 2. The van der Waals surface area contributed by atoms with Gasteiger partial charge in [0.05, 0.1) is 30.2 Å². The molecule has 2 heterocycles. The summed E-state index contributed by atoms with van der Waals surface area (Å²) >= 11 is 0. The van der Waals surface area contributed by atoms with Crippen LogP contribution in [0.3, 0.4) is 0 Å². The first kappa shape index (κ1) is 17.7. The Morgan fingerprint density at radius 1 is 1.33 bits per heavy atom. The monoisotopic (exact) mass is 368 g/mol. The molecule has 4 rings (SSSR count). The van der Waals surface area contributed by atoms with Crippen molar-refractivity contribution in [2.45, 2.75) is 50.5 Å². The lowest BCUT2D eigenvalue weighted by atomic mass is 9.89. The molecule has 1 spiro atoms. The Kier molecular flexibility index (Phi) is 4.26. The quantitative estimate of drug-likeness (QED) is 0.841. The molecule has 7 nitrogen and oxygen atoms in total. The Bertz CT molecular complexity index is 860. The summed E-state index contributed by atoms with van der Waals surface area (Å²) < 4.78 is 11.8. The van der Waals surface area contributed by atoms with Gasteiger partial charge in [-0.1, -0.05) is 13.0 Å². The lowest BCUT2D eigenvalue weighted by Crippen LogP contribution is -2.47. The van der Waals surface area contributed by atoms with Crippen LogP contribution in [0.5, 0.6) is 17.5 Å². The van der Waals surface area contributed by atoms with E-state index in [9.17, 15) is 4.79 Å². The third kappa shape index (κ3) is 3.35. The van der Waals surface area contributed by atoms with Crippen LogP contribution >= 0.6 is 0 Å². The molecule has 1 fully saturated rings. The molecule has 142 valence electrons. The molecular formula is C20H24N4O3. The van der Waals surface area contributed by atoms with E-state index in [0.29, 0.717) is 12.1 Å². The summed E-state index contributed by atoms with van der Waals surface area (Å²) in [7, 11) is 0. The minimum atomic E-state index is -0.934. The molecule has 1 atom stereocenters. The van der Waals surface area contributed by atoms with E-state index in [-0.39, 0.29) is 17.3 Å². The first-order chi connectivity index (χ1) is 12.9. The number of carbonyl (C=O) groups is 1. The number of benzene rings is 1. The second kappa shape index (κ2) is 6.49.